The zero-order valence-electron chi connectivity index (χ0n) is 36.9. The fourth-order valence-corrected chi connectivity index (χ4v) is 16.2. The van der Waals surface area contributed by atoms with Gasteiger partial charge in [0.2, 0.25) is 0 Å². The van der Waals surface area contributed by atoms with Gasteiger partial charge in [0.05, 0.1) is 17.6 Å². The normalized spacial score (nSPS) is 29.2. The number of rotatable bonds is 14. The second-order valence-electron chi connectivity index (χ2n) is 20.7. The topological polar surface area (TPSA) is 74.2 Å². The summed E-state index contributed by atoms with van der Waals surface area (Å²) in [6, 6.07) is 21.6. The minimum atomic E-state index is -2.65. The molecule has 1 saturated carbocycles. The minimum Gasteiger partial charge on any atom is -0.461 e. The van der Waals surface area contributed by atoms with Crippen LogP contribution in [-0.4, -0.2) is 58.9 Å². The Morgan fingerprint density at radius 2 is 1.51 bits per heavy atom. The lowest BCUT2D eigenvalue weighted by atomic mass is 9.64. The summed E-state index contributed by atoms with van der Waals surface area (Å²) in [6.07, 6.45) is 14.5. The standard InChI is InChI=1S/C49H74O6Si2/c1-35-31-37-24-23-36(2)42(26-25-38-33-39(34-44(50)53-38)55-56(9,10)47(3,4)5)45(37)43(32-35)54-46(51)49(27-17-28-49)29-18-30-52-57(48(6,7)8,40-19-13-11-14-20-40)41-21-15-12-16-22-41/h11-16,19-24,31,35-36,38-39,42-45,50H,17-18,25-30,32-34H2,1-10H3/t35-,36-,38+,39+,42-,43-,44?,45-/m0/s1. The van der Waals surface area contributed by atoms with E-state index in [1.54, 1.807) is 0 Å². The van der Waals surface area contributed by atoms with Gasteiger partial charge in [-0.15, -0.1) is 0 Å². The smallest absolute Gasteiger partial charge is 0.312 e. The summed E-state index contributed by atoms with van der Waals surface area (Å²) in [5.41, 5.74) is 0.885. The summed E-state index contributed by atoms with van der Waals surface area (Å²) < 4.78 is 27.0. The molecule has 314 valence electrons. The Labute approximate surface area is 347 Å². The summed E-state index contributed by atoms with van der Waals surface area (Å²) in [5.74, 6) is 1.18. The Bertz CT molecular complexity index is 1650. The molecule has 6 rings (SSSR count). The number of esters is 1. The van der Waals surface area contributed by atoms with E-state index in [1.165, 1.54) is 15.9 Å². The Hall–Kier alpha value is -2.34. The summed E-state index contributed by atoms with van der Waals surface area (Å²) in [7, 11) is -4.62. The first kappa shape index (κ1) is 44.2. The van der Waals surface area contributed by atoms with Crippen molar-refractivity contribution in [3.8, 4) is 0 Å². The molecule has 8 atom stereocenters. The number of aliphatic hydroxyl groups is 1. The largest absolute Gasteiger partial charge is 0.461 e. The van der Waals surface area contributed by atoms with Crippen molar-refractivity contribution in [2.24, 2.45) is 29.1 Å². The molecule has 2 aromatic carbocycles. The molecule has 1 N–H and O–H groups in total. The molecule has 57 heavy (non-hydrogen) atoms. The van der Waals surface area contributed by atoms with Gasteiger partial charge in [0.15, 0.2) is 14.6 Å². The number of hydrogen-bond donors (Lipinski definition) is 1. The highest BCUT2D eigenvalue weighted by atomic mass is 28.4. The first-order chi connectivity index (χ1) is 26.8. The highest BCUT2D eigenvalue weighted by molar-refractivity contribution is 6.99. The van der Waals surface area contributed by atoms with Crippen molar-refractivity contribution in [2.75, 3.05) is 6.61 Å². The van der Waals surface area contributed by atoms with E-state index >= 15 is 0 Å². The molecule has 0 aromatic heterocycles. The second-order valence-corrected chi connectivity index (χ2v) is 29.8. The van der Waals surface area contributed by atoms with Crippen LogP contribution in [0, 0.1) is 29.1 Å². The van der Waals surface area contributed by atoms with E-state index in [4.69, 9.17) is 18.3 Å². The van der Waals surface area contributed by atoms with E-state index in [0.717, 1.165) is 57.8 Å². The third-order valence-corrected chi connectivity index (χ3v) is 24.1. The van der Waals surface area contributed by atoms with Crippen molar-refractivity contribution in [1.82, 2.24) is 0 Å². The van der Waals surface area contributed by atoms with Gasteiger partial charge >= 0.3 is 5.97 Å². The number of carbonyl (C=O) groups excluding carboxylic acids is 1. The quantitative estimate of drug-likeness (QED) is 0.116. The van der Waals surface area contributed by atoms with Crippen molar-refractivity contribution < 1.29 is 28.2 Å². The average Bonchev–Trinajstić information content (AvgIpc) is 3.11. The minimum absolute atomic E-state index is 0.00274. The van der Waals surface area contributed by atoms with Crippen LogP contribution >= 0.6 is 0 Å². The maximum absolute atomic E-state index is 14.5. The molecule has 6 nitrogen and oxygen atoms in total. The molecule has 1 heterocycles. The molecule has 8 heteroatoms. The fourth-order valence-electron chi connectivity index (χ4n) is 10.2. The van der Waals surface area contributed by atoms with Gasteiger partial charge in [-0.2, -0.15) is 0 Å². The Morgan fingerprint density at radius 3 is 2.07 bits per heavy atom. The van der Waals surface area contributed by atoms with Crippen LogP contribution in [0.3, 0.4) is 0 Å². The number of ether oxygens (including phenoxy) is 2. The van der Waals surface area contributed by atoms with Crippen LogP contribution in [-0.2, 0) is 23.1 Å². The van der Waals surface area contributed by atoms with E-state index in [1.807, 2.05) is 0 Å². The summed E-state index contributed by atoms with van der Waals surface area (Å²) >= 11 is 0. The van der Waals surface area contributed by atoms with Gasteiger partial charge in [0, 0.05) is 18.9 Å². The van der Waals surface area contributed by atoms with Gasteiger partial charge in [-0.05, 0) is 108 Å². The lowest BCUT2D eigenvalue weighted by molar-refractivity contribution is -0.189. The molecule has 3 aliphatic carbocycles. The van der Waals surface area contributed by atoms with Gasteiger partial charge in [-0.25, -0.2) is 0 Å². The molecule has 1 unspecified atom stereocenters. The van der Waals surface area contributed by atoms with Gasteiger partial charge in [-0.1, -0.05) is 141 Å². The monoisotopic (exact) mass is 815 g/mol. The summed E-state index contributed by atoms with van der Waals surface area (Å²) in [5, 5.41) is 13.4. The SMILES string of the molecule is C[C@H]1C=C2C=C[C@H](C)[C@H](CC[C@@H]3C[C@@H](O[Si](C)(C)C(C)(C)C)CC(O)O3)[C@H]2[C@@H](OC(=O)C2(CCCO[Si](c3ccccc3)(c3ccccc3)C(C)(C)C)CCC2)C1. The van der Waals surface area contributed by atoms with Crippen molar-refractivity contribution in [2.45, 2.75) is 167 Å². The fraction of sp³-hybridized carbons (Fsp3) is 0.653. The zero-order valence-corrected chi connectivity index (χ0v) is 38.9. The second kappa shape index (κ2) is 17.7. The van der Waals surface area contributed by atoms with Crippen LogP contribution in [0.2, 0.25) is 23.2 Å². The lowest BCUT2D eigenvalue weighted by Crippen LogP contribution is -2.66. The molecule has 2 aromatic rings. The van der Waals surface area contributed by atoms with Crippen LogP contribution in [0.1, 0.15) is 120 Å². The zero-order chi connectivity index (χ0) is 41.2. The van der Waals surface area contributed by atoms with Crippen LogP contribution in [0.4, 0.5) is 0 Å². The van der Waals surface area contributed by atoms with E-state index in [2.05, 4.69) is 147 Å². The van der Waals surface area contributed by atoms with E-state index in [9.17, 15) is 9.90 Å². The third-order valence-electron chi connectivity index (χ3n) is 14.6. The Kier molecular flexibility index (Phi) is 13.7. The third kappa shape index (κ3) is 9.68. The number of fused-ring (bicyclic) bond motifs is 1. The molecular formula is C49H74O6Si2. The number of aliphatic hydroxyl groups excluding tert-OH is 1. The van der Waals surface area contributed by atoms with Gasteiger partial charge < -0.3 is 23.4 Å². The molecule has 0 bridgehead atoms. The van der Waals surface area contributed by atoms with Crippen LogP contribution in [0.5, 0.6) is 0 Å². The summed E-state index contributed by atoms with van der Waals surface area (Å²) in [4.78, 5) is 14.5. The van der Waals surface area contributed by atoms with Gasteiger partial charge in [-0.3, -0.25) is 4.79 Å². The molecule has 4 aliphatic rings. The molecule has 1 saturated heterocycles. The number of allylic oxidation sites excluding steroid dienone is 3. The summed E-state index contributed by atoms with van der Waals surface area (Å²) in [6.45, 7) is 23.5. The van der Waals surface area contributed by atoms with Crippen LogP contribution in [0.25, 0.3) is 0 Å². The Morgan fingerprint density at radius 1 is 0.877 bits per heavy atom. The predicted octanol–water partition coefficient (Wildman–Crippen LogP) is 10.5. The van der Waals surface area contributed by atoms with Crippen molar-refractivity contribution >= 4 is 33.0 Å². The van der Waals surface area contributed by atoms with E-state index < -0.39 is 28.3 Å². The van der Waals surface area contributed by atoms with Crippen molar-refractivity contribution in [3.63, 3.8) is 0 Å². The van der Waals surface area contributed by atoms with Gasteiger partial charge in [0.25, 0.3) is 8.32 Å². The molecule has 2 fully saturated rings. The average molecular weight is 815 g/mol. The highest BCUT2D eigenvalue weighted by Crippen LogP contribution is 2.50. The van der Waals surface area contributed by atoms with E-state index in [0.29, 0.717) is 30.8 Å². The maximum Gasteiger partial charge on any atom is 0.312 e. The number of carbonyl (C=O) groups is 1. The van der Waals surface area contributed by atoms with Crippen LogP contribution in [0.15, 0.2) is 84.5 Å². The maximum atomic E-state index is 14.5. The molecular weight excluding hydrogens is 741 g/mol. The molecule has 1 aliphatic heterocycles. The number of benzene rings is 2. The Balaban J connectivity index is 1.13. The molecule has 0 amide bonds. The first-order valence-electron chi connectivity index (χ1n) is 22.2. The molecule has 0 radical (unpaired) electrons. The molecule has 0 spiro atoms. The van der Waals surface area contributed by atoms with Gasteiger partial charge in [0.1, 0.15) is 6.10 Å². The lowest BCUT2D eigenvalue weighted by Gasteiger charge is -2.46. The van der Waals surface area contributed by atoms with Crippen molar-refractivity contribution in [1.29, 1.82) is 0 Å². The van der Waals surface area contributed by atoms with E-state index in [-0.39, 0.29) is 40.3 Å². The highest BCUT2D eigenvalue weighted by Gasteiger charge is 2.52. The number of hydrogen-bond acceptors (Lipinski definition) is 6. The van der Waals surface area contributed by atoms with Crippen molar-refractivity contribution in [3.05, 3.63) is 84.5 Å². The van der Waals surface area contributed by atoms with Crippen LogP contribution < -0.4 is 10.4 Å². The predicted molar refractivity (Wildman–Crippen MR) is 238 cm³/mol. The first-order valence-corrected chi connectivity index (χ1v) is 27.0.